The van der Waals surface area contributed by atoms with Crippen LogP contribution < -0.4 is 11.3 Å². The molecule has 9 nitrogen and oxygen atoms in total. The molecule has 1 aliphatic carbocycles. The molecule has 2 aromatic carbocycles. The highest BCUT2D eigenvalue weighted by atomic mass is 32.1. The van der Waals surface area contributed by atoms with E-state index in [9.17, 15) is 9.59 Å². The van der Waals surface area contributed by atoms with Gasteiger partial charge in [0, 0.05) is 43.0 Å². The zero-order valence-corrected chi connectivity index (χ0v) is 24.6. The number of nitrogens with zero attached hydrogens (tertiary/aromatic N) is 4. The van der Waals surface area contributed by atoms with E-state index in [1.807, 2.05) is 53.1 Å². The third-order valence-corrected chi connectivity index (χ3v) is 8.41. The maximum atomic E-state index is 14.2. The lowest BCUT2D eigenvalue weighted by atomic mass is 9.98. The number of benzene rings is 2. The summed E-state index contributed by atoms with van der Waals surface area (Å²) >= 11 is 5.83. The Hall–Kier alpha value is -3.89. The molecule has 218 valence electrons. The van der Waals surface area contributed by atoms with Crippen molar-refractivity contribution in [3.63, 3.8) is 0 Å². The molecule has 1 N–H and O–H groups in total. The molecular formula is C32H35N5O4S. The Morgan fingerprint density at radius 2 is 1.79 bits per heavy atom. The van der Waals surface area contributed by atoms with Gasteiger partial charge in [-0.15, -0.1) is 0 Å². The average molecular weight is 586 g/mol. The molecule has 2 aliphatic rings. The quantitative estimate of drug-likeness (QED) is 0.267. The number of aromatic nitrogens is 4. The lowest BCUT2D eigenvalue weighted by Gasteiger charge is -2.29. The Bertz CT molecular complexity index is 1680. The summed E-state index contributed by atoms with van der Waals surface area (Å²) < 4.78 is 12.1. The van der Waals surface area contributed by atoms with Crippen LogP contribution in [0.3, 0.4) is 0 Å². The fourth-order valence-electron chi connectivity index (χ4n) is 5.54. The van der Waals surface area contributed by atoms with Crippen LogP contribution in [0.15, 0.2) is 62.6 Å². The lowest BCUT2D eigenvalue weighted by Crippen LogP contribution is -2.42. The highest BCUT2D eigenvalue weighted by molar-refractivity contribution is 7.80. The van der Waals surface area contributed by atoms with Crippen molar-refractivity contribution >= 4 is 17.2 Å². The monoisotopic (exact) mass is 585 g/mol. The van der Waals surface area contributed by atoms with Crippen molar-refractivity contribution < 1.29 is 9.26 Å². The Kier molecular flexibility index (Phi) is 8.43. The molecule has 2 fully saturated rings. The summed E-state index contributed by atoms with van der Waals surface area (Å²) in [4.78, 5) is 36.5. The number of ether oxygens (including phenoxy) is 1. The smallest absolute Gasteiger partial charge is 0.378 e. The van der Waals surface area contributed by atoms with Crippen molar-refractivity contribution in [1.82, 2.24) is 24.6 Å². The van der Waals surface area contributed by atoms with E-state index in [4.69, 9.17) is 26.5 Å². The van der Waals surface area contributed by atoms with Crippen molar-refractivity contribution in [1.29, 1.82) is 0 Å². The minimum atomic E-state index is -0.592. The van der Waals surface area contributed by atoms with E-state index in [2.05, 4.69) is 22.0 Å². The second-order valence-electron chi connectivity index (χ2n) is 11.0. The molecule has 6 rings (SSSR count). The van der Waals surface area contributed by atoms with E-state index in [0.717, 1.165) is 89.5 Å². The number of hydrogen-bond acceptors (Lipinski definition) is 7. The van der Waals surface area contributed by atoms with Gasteiger partial charge in [0.05, 0.1) is 30.4 Å². The van der Waals surface area contributed by atoms with Crippen LogP contribution in [0, 0.1) is 0 Å². The zero-order chi connectivity index (χ0) is 29.1. The molecule has 4 aromatic rings. The van der Waals surface area contributed by atoms with Crippen molar-refractivity contribution in [3.8, 4) is 22.5 Å². The van der Waals surface area contributed by atoms with Gasteiger partial charge in [0.15, 0.2) is 5.82 Å². The van der Waals surface area contributed by atoms with Gasteiger partial charge in [0.2, 0.25) is 0 Å². The van der Waals surface area contributed by atoms with Crippen molar-refractivity contribution in [2.45, 2.75) is 57.9 Å². The Labute approximate surface area is 249 Å². The molecule has 2 aromatic heterocycles. The first kappa shape index (κ1) is 28.2. The third kappa shape index (κ3) is 6.15. The third-order valence-electron chi connectivity index (χ3n) is 8.01. The number of nitrogens with one attached hydrogen (secondary N) is 1. The van der Waals surface area contributed by atoms with Crippen LogP contribution in [0.5, 0.6) is 0 Å². The number of thiocarbonyl (C=S) groups is 1. The second-order valence-corrected chi connectivity index (χ2v) is 11.5. The first-order valence-corrected chi connectivity index (χ1v) is 15.2. The summed E-state index contributed by atoms with van der Waals surface area (Å²) in [5, 5.41) is 3.87. The highest BCUT2D eigenvalue weighted by Gasteiger charge is 2.31. The molecule has 1 saturated heterocycles. The van der Waals surface area contributed by atoms with E-state index in [1.165, 1.54) is 0 Å². The Balaban J connectivity index is 1.32. The van der Waals surface area contributed by atoms with Gasteiger partial charge in [-0.1, -0.05) is 79.3 Å². The molecule has 0 bridgehead atoms. The van der Waals surface area contributed by atoms with Crippen LogP contribution in [0.4, 0.5) is 0 Å². The maximum Gasteiger partial charge on any atom is 0.439 e. The average Bonchev–Trinajstić information content (AvgIpc) is 3.78. The van der Waals surface area contributed by atoms with Crippen molar-refractivity contribution in [2.75, 3.05) is 26.3 Å². The largest absolute Gasteiger partial charge is 0.439 e. The topological polar surface area (TPSA) is 106 Å². The van der Waals surface area contributed by atoms with E-state index >= 15 is 0 Å². The van der Waals surface area contributed by atoms with Crippen molar-refractivity contribution in [3.05, 3.63) is 92.1 Å². The van der Waals surface area contributed by atoms with Crippen LogP contribution in [-0.4, -0.2) is 55.9 Å². The first-order valence-electron chi connectivity index (χ1n) is 14.7. The van der Waals surface area contributed by atoms with Gasteiger partial charge < -0.3 is 9.64 Å². The van der Waals surface area contributed by atoms with Crippen LogP contribution in [0.2, 0.25) is 0 Å². The van der Waals surface area contributed by atoms with Gasteiger partial charge >= 0.3 is 5.76 Å². The Morgan fingerprint density at radius 1 is 1.05 bits per heavy atom. The van der Waals surface area contributed by atoms with Gasteiger partial charge in [-0.3, -0.25) is 18.9 Å². The number of aromatic amines is 1. The molecule has 0 radical (unpaired) electrons. The number of hydrogen-bond donors (Lipinski definition) is 1. The molecule has 10 heteroatoms. The molecule has 3 heterocycles. The normalized spacial score (nSPS) is 15.2. The Morgan fingerprint density at radius 3 is 2.45 bits per heavy atom. The van der Waals surface area contributed by atoms with E-state index in [0.29, 0.717) is 37.9 Å². The first-order chi connectivity index (χ1) is 20.5. The molecular weight excluding hydrogens is 550 g/mol. The highest BCUT2D eigenvalue weighted by Crippen LogP contribution is 2.40. The maximum absolute atomic E-state index is 14.2. The molecule has 0 atom stereocenters. The van der Waals surface area contributed by atoms with Gasteiger partial charge in [-0.05, 0) is 36.0 Å². The molecule has 0 unspecified atom stereocenters. The minimum Gasteiger partial charge on any atom is -0.378 e. The minimum absolute atomic E-state index is 0.0259. The van der Waals surface area contributed by atoms with Gasteiger partial charge in [-0.2, -0.15) is 0 Å². The number of rotatable bonds is 10. The summed E-state index contributed by atoms with van der Waals surface area (Å²) in [5.41, 5.74) is 5.40. The van der Waals surface area contributed by atoms with E-state index < -0.39 is 5.76 Å². The summed E-state index contributed by atoms with van der Waals surface area (Å²) in [6.07, 6.45) is 5.37. The molecule has 42 heavy (non-hydrogen) atoms. The zero-order valence-electron chi connectivity index (χ0n) is 23.8. The molecule has 0 spiro atoms. The van der Waals surface area contributed by atoms with Gasteiger partial charge in [0.25, 0.3) is 5.56 Å². The summed E-state index contributed by atoms with van der Waals surface area (Å²) in [6.45, 7) is 5.43. The standard InChI is InChI=1S/C32H35N5O4S/c1-2-3-8-27-33-29(23-13-14-23)26(19-28(42)36-15-17-40-18-16-36)31(38)37(27)20-21-9-11-22(12-10-21)24-6-4-5-7-25(24)30-34-32(39)41-35-30/h4-7,9-12,23H,2-3,8,13-20H2,1H3,(H,34,35,39). The van der Waals surface area contributed by atoms with Crippen LogP contribution >= 0.6 is 12.2 Å². The SMILES string of the molecule is CCCCc1nc(C2CC2)c(CC(=S)N2CCOCC2)c(=O)n1Cc1ccc(-c2ccccc2-c2noc(=O)[nH]2)cc1. The predicted octanol–water partition coefficient (Wildman–Crippen LogP) is 4.72. The fraction of sp³-hybridized carbons (Fsp3) is 0.406. The summed E-state index contributed by atoms with van der Waals surface area (Å²) in [5.74, 6) is 1.01. The lowest BCUT2D eigenvalue weighted by molar-refractivity contribution is 0.0684. The van der Waals surface area contributed by atoms with E-state index in [-0.39, 0.29) is 5.56 Å². The molecule has 0 amide bonds. The number of H-pyrrole nitrogens is 1. The number of morpholine rings is 1. The second kappa shape index (κ2) is 12.5. The van der Waals surface area contributed by atoms with Crippen LogP contribution in [-0.2, 0) is 24.1 Å². The van der Waals surface area contributed by atoms with Gasteiger partial charge in [-0.25, -0.2) is 9.78 Å². The summed E-state index contributed by atoms with van der Waals surface area (Å²) in [7, 11) is 0. The predicted molar refractivity (Wildman–Crippen MR) is 165 cm³/mol. The molecule has 1 saturated carbocycles. The van der Waals surface area contributed by atoms with E-state index in [1.54, 1.807) is 0 Å². The number of aryl methyl sites for hydroxylation is 1. The van der Waals surface area contributed by atoms with Crippen LogP contribution in [0.25, 0.3) is 22.5 Å². The summed E-state index contributed by atoms with van der Waals surface area (Å²) in [6, 6.07) is 15.9. The van der Waals surface area contributed by atoms with Gasteiger partial charge in [0.1, 0.15) is 5.82 Å². The number of unbranched alkanes of at least 4 members (excludes halogenated alkanes) is 1. The van der Waals surface area contributed by atoms with Crippen LogP contribution in [0.1, 0.15) is 61.2 Å². The fourth-order valence-corrected chi connectivity index (χ4v) is 5.87. The van der Waals surface area contributed by atoms with Crippen molar-refractivity contribution in [2.24, 2.45) is 0 Å². The molecule has 1 aliphatic heterocycles.